The van der Waals surface area contributed by atoms with E-state index < -0.39 is 4.92 Å². The Labute approximate surface area is 102 Å². The number of hydrogen-bond acceptors (Lipinski definition) is 4. The molecule has 6 heteroatoms. The van der Waals surface area contributed by atoms with Crippen LogP contribution in [0, 0.1) is 22.5 Å². The Kier molecular flexibility index (Phi) is 4.26. The van der Waals surface area contributed by atoms with Crippen molar-refractivity contribution in [1.29, 1.82) is 0 Å². The van der Waals surface area contributed by atoms with Crippen LogP contribution < -0.4 is 4.90 Å². The molecule has 1 rings (SSSR count). The molecule has 0 saturated heterocycles. The van der Waals surface area contributed by atoms with Gasteiger partial charge in [0.1, 0.15) is 0 Å². The monoisotopic (exact) mass is 283 g/mol. The maximum atomic E-state index is 10.9. The first-order valence-corrected chi connectivity index (χ1v) is 5.37. The third kappa shape index (κ3) is 2.70. The van der Waals surface area contributed by atoms with Gasteiger partial charge in [0, 0.05) is 23.3 Å². The lowest BCUT2D eigenvalue weighted by molar-refractivity contribution is -0.384. The molecule has 0 unspecified atom stereocenters. The molecule has 16 heavy (non-hydrogen) atoms. The molecule has 5 nitrogen and oxygen atoms in total. The number of nitro groups is 1. The van der Waals surface area contributed by atoms with Gasteiger partial charge in [0.15, 0.2) is 0 Å². The molecule has 0 fully saturated rings. The number of rotatable bonds is 4. The van der Waals surface area contributed by atoms with Crippen LogP contribution in [-0.4, -0.2) is 23.0 Å². The molecule has 0 bridgehead atoms. The Bertz CT molecular complexity index is 442. The lowest BCUT2D eigenvalue weighted by atomic mass is 10.3. The molecule has 1 aromatic rings. The number of anilines is 1. The Morgan fingerprint density at radius 1 is 1.75 bits per heavy atom. The lowest BCUT2D eigenvalue weighted by Crippen LogP contribution is -2.24. The van der Waals surface area contributed by atoms with E-state index in [4.69, 9.17) is 6.42 Å². The Balaban J connectivity index is 3.21. The van der Waals surface area contributed by atoms with E-state index in [2.05, 4.69) is 26.8 Å². The molecule has 0 aromatic carbocycles. The van der Waals surface area contributed by atoms with Crippen LogP contribution >= 0.6 is 15.9 Å². The second-order valence-corrected chi connectivity index (χ2v) is 3.89. The van der Waals surface area contributed by atoms with E-state index in [1.165, 1.54) is 12.3 Å². The van der Waals surface area contributed by atoms with Crippen molar-refractivity contribution < 1.29 is 4.92 Å². The van der Waals surface area contributed by atoms with E-state index in [0.717, 1.165) is 0 Å². The van der Waals surface area contributed by atoms with E-state index in [0.29, 0.717) is 23.4 Å². The van der Waals surface area contributed by atoms with Crippen molar-refractivity contribution in [1.82, 2.24) is 4.98 Å². The molecule has 0 radical (unpaired) electrons. The van der Waals surface area contributed by atoms with Gasteiger partial charge in [-0.2, -0.15) is 0 Å². The highest BCUT2D eigenvalue weighted by atomic mass is 79.9. The van der Waals surface area contributed by atoms with Gasteiger partial charge in [0.05, 0.1) is 11.5 Å². The van der Waals surface area contributed by atoms with Gasteiger partial charge in [-0.3, -0.25) is 10.1 Å². The molecule has 0 spiro atoms. The Morgan fingerprint density at radius 2 is 2.44 bits per heavy atom. The third-order valence-electron chi connectivity index (χ3n) is 1.97. The number of nitrogens with zero attached hydrogens (tertiary/aromatic N) is 3. The van der Waals surface area contributed by atoms with E-state index >= 15 is 0 Å². The second kappa shape index (κ2) is 5.47. The lowest BCUT2D eigenvalue weighted by Gasteiger charge is -2.18. The van der Waals surface area contributed by atoms with Crippen LogP contribution in [0.5, 0.6) is 0 Å². The van der Waals surface area contributed by atoms with Gasteiger partial charge >= 0.3 is 5.69 Å². The number of aromatic nitrogens is 1. The van der Waals surface area contributed by atoms with Crippen LogP contribution in [0.3, 0.4) is 0 Å². The molecule has 84 valence electrons. The summed E-state index contributed by atoms with van der Waals surface area (Å²) in [7, 11) is 0. The van der Waals surface area contributed by atoms with E-state index in [-0.39, 0.29) is 5.69 Å². The molecule has 0 aliphatic rings. The van der Waals surface area contributed by atoms with E-state index in [1.807, 2.05) is 6.92 Å². The molecule has 0 aliphatic carbocycles. The fourth-order valence-corrected chi connectivity index (χ4v) is 1.57. The molecule has 1 heterocycles. The highest BCUT2D eigenvalue weighted by Crippen LogP contribution is 2.28. The van der Waals surface area contributed by atoms with Crippen molar-refractivity contribution in [3.63, 3.8) is 0 Å². The zero-order chi connectivity index (χ0) is 12.1. The SMILES string of the molecule is C#CCN(CC)c1ncc(Br)cc1[N+](=O)[O-]. The van der Waals surface area contributed by atoms with Crippen LogP contribution in [0.4, 0.5) is 11.5 Å². The zero-order valence-electron chi connectivity index (χ0n) is 8.68. The van der Waals surface area contributed by atoms with Crippen molar-refractivity contribution in [3.8, 4) is 12.3 Å². The maximum absolute atomic E-state index is 10.9. The van der Waals surface area contributed by atoms with Crippen LogP contribution in [-0.2, 0) is 0 Å². The molecular formula is C10H10BrN3O2. The summed E-state index contributed by atoms with van der Waals surface area (Å²) in [6.45, 7) is 2.73. The average molecular weight is 284 g/mol. The van der Waals surface area contributed by atoms with Gasteiger partial charge in [-0.1, -0.05) is 5.92 Å². The van der Waals surface area contributed by atoms with Gasteiger partial charge in [-0.05, 0) is 22.9 Å². The highest BCUT2D eigenvalue weighted by molar-refractivity contribution is 9.10. The maximum Gasteiger partial charge on any atom is 0.312 e. The first-order valence-electron chi connectivity index (χ1n) is 4.58. The normalized spacial score (nSPS) is 9.56. The highest BCUT2D eigenvalue weighted by Gasteiger charge is 2.20. The predicted molar refractivity (Wildman–Crippen MR) is 65.3 cm³/mol. The summed E-state index contributed by atoms with van der Waals surface area (Å²) < 4.78 is 0.569. The number of hydrogen-bond donors (Lipinski definition) is 0. The fourth-order valence-electron chi connectivity index (χ4n) is 1.25. The summed E-state index contributed by atoms with van der Waals surface area (Å²) in [6.07, 6.45) is 6.72. The largest absolute Gasteiger partial charge is 0.340 e. The van der Waals surface area contributed by atoms with Crippen LogP contribution in [0.2, 0.25) is 0 Å². The van der Waals surface area contributed by atoms with Crippen LogP contribution in [0.15, 0.2) is 16.7 Å². The Morgan fingerprint density at radius 3 is 2.94 bits per heavy atom. The quantitative estimate of drug-likeness (QED) is 0.483. The Hall–Kier alpha value is -1.61. The minimum Gasteiger partial charge on any atom is -0.340 e. The topological polar surface area (TPSA) is 59.3 Å². The van der Waals surface area contributed by atoms with Crippen LogP contribution in [0.25, 0.3) is 0 Å². The van der Waals surface area contributed by atoms with Crippen molar-refractivity contribution in [3.05, 3.63) is 26.9 Å². The minimum atomic E-state index is -0.466. The molecule has 0 saturated carbocycles. The number of pyridine rings is 1. The second-order valence-electron chi connectivity index (χ2n) is 2.97. The van der Waals surface area contributed by atoms with Crippen molar-refractivity contribution in [2.24, 2.45) is 0 Å². The number of halogens is 1. The summed E-state index contributed by atoms with van der Waals surface area (Å²) in [4.78, 5) is 16.1. The minimum absolute atomic E-state index is 0.0496. The van der Waals surface area contributed by atoms with Gasteiger partial charge in [-0.15, -0.1) is 6.42 Å². The van der Waals surface area contributed by atoms with Gasteiger partial charge in [0.25, 0.3) is 0 Å². The molecular weight excluding hydrogens is 274 g/mol. The average Bonchev–Trinajstić information content (AvgIpc) is 2.26. The van der Waals surface area contributed by atoms with Gasteiger partial charge < -0.3 is 4.90 Å². The summed E-state index contributed by atoms with van der Waals surface area (Å²) in [5.41, 5.74) is -0.0496. The molecule has 0 atom stereocenters. The number of terminal acetylenes is 1. The zero-order valence-corrected chi connectivity index (χ0v) is 10.3. The summed E-state index contributed by atoms with van der Waals surface area (Å²) in [5.74, 6) is 2.75. The first-order chi connectivity index (χ1) is 7.60. The van der Waals surface area contributed by atoms with Crippen LogP contribution in [0.1, 0.15) is 6.92 Å². The first kappa shape index (κ1) is 12.5. The van der Waals surface area contributed by atoms with Gasteiger partial charge in [-0.25, -0.2) is 4.98 Å². The van der Waals surface area contributed by atoms with Gasteiger partial charge in [0.2, 0.25) is 5.82 Å². The standard InChI is InChI=1S/C10H10BrN3O2/c1-3-5-13(4-2)10-9(14(15)16)6-8(11)7-12-10/h1,6-7H,4-5H2,2H3. The molecule has 0 N–H and O–H groups in total. The summed E-state index contributed by atoms with van der Waals surface area (Å²) in [6, 6.07) is 1.42. The van der Waals surface area contributed by atoms with E-state index in [9.17, 15) is 10.1 Å². The third-order valence-corrected chi connectivity index (χ3v) is 2.41. The molecule has 0 aliphatic heterocycles. The summed E-state index contributed by atoms with van der Waals surface area (Å²) >= 11 is 3.15. The smallest absolute Gasteiger partial charge is 0.312 e. The van der Waals surface area contributed by atoms with Crippen molar-refractivity contribution >= 4 is 27.4 Å². The summed E-state index contributed by atoms with van der Waals surface area (Å²) in [5, 5.41) is 10.9. The molecule has 0 amide bonds. The molecule has 1 aromatic heterocycles. The van der Waals surface area contributed by atoms with Crippen molar-refractivity contribution in [2.75, 3.05) is 18.0 Å². The van der Waals surface area contributed by atoms with E-state index in [1.54, 1.807) is 4.90 Å². The van der Waals surface area contributed by atoms with Crippen molar-refractivity contribution in [2.45, 2.75) is 6.92 Å². The fraction of sp³-hybridized carbons (Fsp3) is 0.300. The predicted octanol–water partition coefficient (Wildman–Crippen LogP) is 2.21.